The highest BCUT2D eigenvalue weighted by Gasteiger charge is 2.18. The molecule has 2 nitrogen and oxygen atoms in total. The first-order valence-electron chi connectivity index (χ1n) is 6.84. The van der Waals surface area contributed by atoms with Crippen LogP contribution in [0.4, 0.5) is 0 Å². The number of rotatable bonds is 3. The summed E-state index contributed by atoms with van der Waals surface area (Å²) in [5.74, 6) is 0. The molecule has 112 valence electrons. The molecule has 1 unspecified atom stereocenters. The molecule has 4 heteroatoms. The largest absolute Gasteiger partial charge is 0.244 e. The van der Waals surface area contributed by atoms with Crippen molar-refractivity contribution < 1.29 is 4.21 Å². The van der Waals surface area contributed by atoms with Crippen molar-refractivity contribution in [3.8, 4) is 0 Å². The van der Waals surface area contributed by atoms with E-state index in [2.05, 4.69) is 30.6 Å². The SMILES string of the molecule is CC(C)(C)c1ccccc1SN=S(C)(=O)c1ccccc1. The van der Waals surface area contributed by atoms with Gasteiger partial charge in [0.2, 0.25) is 0 Å². The molecule has 21 heavy (non-hydrogen) atoms. The Kier molecular flexibility index (Phi) is 4.79. The van der Waals surface area contributed by atoms with Crippen LogP contribution in [0.1, 0.15) is 26.3 Å². The maximum Gasteiger partial charge on any atom is 0.0836 e. The summed E-state index contributed by atoms with van der Waals surface area (Å²) in [6.07, 6.45) is 1.69. The average Bonchev–Trinajstić information content (AvgIpc) is 2.45. The molecule has 0 radical (unpaired) electrons. The van der Waals surface area contributed by atoms with Crippen LogP contribution in [0.15, 0.2) is 68.2 Å². The molecule has 0 amide bonds. The highest BCUT2D eigenvalue weighted by atomic mass is 32.2. The van der Waals surface area contributed by atoms with Gasteiger partial charge in [-0.2, -0.15) is 3.77 Å². The lowest BCUT2D eigenvalue weighted by Crippen LogP contribution is -2.12. The van der Waals surface area contributed by atoms with E-state index in [1.165, 1.54) is 17.5 Å². The van der Waals surface area contributed by atoms with Gasteiger partial charge in [-0.05, 0) is 29.2 Å². The van der Waals surface area contributed by atoms with Gasteiger partial charge in [0.1, 0.15) is 0 Å². The lowest BCUT2D eigenvalue weighted by Gasteiger charge is -2.21. The second kappa shape index (κ2) is 6.24. The van der Waals surface area contributed by atoms with Crippen molar-refractivity contribution in [2.45, 2.75) is 36.0 Å². The summed E-state index contributed by atoms with van der Waals surface area (Å²) in [5, 5.41) is 0. The summed E-state index contributed by atoms with van der Waals surface area (Å²) in [6, 6.07) is 17.6. The van der Waals surface area contributed by atoms with E-state index in [9.17, 15) is 4.21 Å². The van der Waals surface area contributed by atoms with Crippen molar-refractivity contribution in [2.75, 3.05) is 6.26 Å². The third-order valence-electron chi connectivity index (χ3n) is 3.15. The highest BCUT2D eigenvalue weighted by Crippen LogP contribution is 2.33. The smallest absolute Gasteiger partial charge is 0.0836 e. The van der Waals surface area contributed by atoms with Gasteiger partial charge < -0.3 is 0 Å². The Morgan fingerprint density at radius 2 is 1.52 bits per heavy atom. The molecule has 0 saturated heterocycles. The molecule has 0 aliphatic rings. The zero-order valence-electron chi connectivity index (χ0n) is 12.9. The summed E-state index contributed by atoms with van der Waals surface area (Å²) >= 11 is 1.33. The van der Waals surface area contributed by atoms with E-state index in [1.54, 1.807) is 6.26 Å². The predicted molar refractivity (Wildman–Crippen MR) is 92.2 cm³/mol. The van der Waals surface area contributed by atoms with Crippen LogP contribution in [-0.2, 0) is 15.1 Å². The fourth-order valence-electron chi connectivity index (χ4n) is 1.99. The van der Waals surface area contributed by atoms with Crippen molar-refractivity contribution in [1.29, 1.82) is 0 Å². The summed E-state index contributed by atoms with van der Waals surface area (Å²) in [6.45, 7) is 6.52. The van der Waals surface area contributed by atoms with Crippen molar-refractivity contribution >= 4 is 21.7 Å². The first-order valence-corrected chi connectivity index (χ1v) is 9.53. The van der Waals surface area contributed by atoms with Gasteiger partial charge in [0, 0.05) is 28.0 Å². The van der Waals surface area contributed by atoms with Crippen molar-refractivity contribution in [3.63, 3.8) is 0 Å². The minimum Gasteiger partial charge on any atom is -0.244 e. The van der Waals surface area contributed by atoms with E-state index in [1.807, 2.05) is 48.5 Å². The normalized spacial score (nSPS) is 14.5. The standard InChI is InChI=1S/C17H21NOS2/c1-17(2,3)15-12-8-9-13-16(15)20-18-21(4,19)14-10-6-5-7-11-14/h5-13H,1-4H3. The van der Waals surface area contributed by atoms with Gasteiger partial charge in [-0.1, -0.05) is 57.2 Å². The van der Waals surface area contributed by atoms with E-state index >= 15 is 0 Å². The van der Waals surface area contributed by atoms with Gasteiger partial charge in [-0.15, -0.1) is 0 Å². The van der Waals surface area contributed by atoms with Gasteiger partial charge in [0.05, 0.1) is 9.73 Å². The quantitative estimate of drug-likeness (QED) is 0.732. The first kappa shape index (κ1) is 16.1. The van der Waals surface area contributed by atoms with Crippen LogP contribution in [0.3, 0.4) is 0 Å². The highest BCUT2D eigenvalue weighted by molar-refractivity contribution is 8.07. The maximum absolute atomic E-state index is 12.7. The van der Waals surface area contributed by atoms with E-state index in [0.717, 1.165) is 9.79 Å². The molecule has 0 N–H and O–H groups in total. The molecule has 0 aromatic heterocycles. The number of hydrogen-bond acceptors (Lipinski definition) is 3. The molecule has 2 rings (SSSR count). The fraction of sp³-hybridized carbons (Fsp3) is 0.294. The monoisotopic (exact) mass is 319 g/mol. The molecule has 0 aliphatic carbocycles. The lowest BCUT2D eigenvalue weighted by atomic mass is 9.87. The predicted octanol–water partition coefficient (Wildman–Crippen LogP) is 5.15. The topological polar surface area (TPSA) is 29.4 Å². The van der Waals surface area contributed by atoms with Crippen LogP contribution < -0.4 is 0 Å². The minimum absolute atomic E-state index is 0.0421. The van der Waals surface area contributed by atoms with Gasteiger partial charge in [-0.3, -0.25) is 0 Å². The van der Waals surface area contributed by atoms with E-state index in [0.29, 0.717) is 0 Å². The summed E-state index contributed by atoms with van der Waals surface area (Å²) < 4.78 is 17.1. The summed E-state index contributed by atoms with van der Waals surface area (Å²) in [5.41, 5.74) is 1.27. The van der Waals surface area contributed by atoms with Crippen LogP contribution >= 0.6 is 11.9 Å². The Hall–Kier alpha value is -1.26. The Balaban J connectivity index is 2.36. The van der Waals surface area contributed by atoms with Crippen molar-refractivity contribution in [2.24, 2.45) is 3.77 Å². The molecule has 0 aliphatic heterocycles. The molecular weight excluding hydrogens is 298 g/mol. The third-order valence-corrected chi connectivity index (χ3v) is 6.29. The first-order chi connectivity index (χ1) is 9.81. The number of hydrogen-bond donors (Lipinski definition) is 0. The molecule has 0 spiro atoms. The third kappa shape index (κ3) is 4.11. The average molecular weight is 319 g/mol. The Morgan fingerprint density at radius 3 is 2.14 bits per heavy atom. The minimum atomic E-state index is -2.38. The van der Waals surface area contributed by atoms with E-state index in [4.69, 9.17) is 0 Å². The molecular formula is C17H21NOS2. The summed E-state index contributed by atoms with van der Waals surface area (Å²) in [7, 11) is -2.38. The Morgan fingerprint density at radius 1 is 0.952 bits per heavy atom. The zero-order valence-corrected chi connectivity index (χ0v) is 14.5. The zero-order chi connectivity index (χ0) is 15.5. The second-order valence-electron chi connectivity index (χ2n) is 6.03. The van der Waals surface area contributed by atoms with Crippen LogP contribution in [0.5, 0.6) is 0 Å². The van der Waals surface area contributed by atoms with Crippen LogP contribution in [0, 0.1) is 0 Å². The maximum atomic E-state index is 12.7. The van der Waals surface area contributed by atoms with Gasteiger partial charge in [0.25, 0.3) is 0 Å². The van der Waals surface area contributed by atoms with Crippen LogP contribution in [0.25, 0.3) is 0 Å². The Labute approximate surface area is 132 Å². The number of nitrogens with zero attached hydrogens (tertiary/aromatic N) is 1. The van der Waals surface area contributed by atoms with E-state index < -0.39 is 9.73 Å². The Bertz CT molecular complexity index is 724. The molecule has 2 aromatic rings. The van der Waals surface area contributed by atoms with E-state index in [-0.39, 0.29) is 5.41 Å². The second-order valence-corrected chi connectivity index (χ2v) is 9.32. The molecule has 0 saturated carbocycles. The van der Waals surface area contributed by atoms with Crippen LogP contribution in [-0.4, -0.2) is 10.5 Å². The van der Waals surface area contributed by atoms with Gasteiger partial charge >= 0.3 is 0 Å². The molecule has 0 fully saturated rings. The molecule has 1 atom stereocenters. The van der Waals surface area contributed by atoms with Gasteiger partial charge in [-0.25, -0.2) is 4.21 Å². The summed E-state index contributed by atoms with van der Waals surface area (Å²) in [4.78, 5) is 1.83. The van der Waals surface area contributed by atoms with Crippen molar-refractivity contribution in [1.82, 2.24) is 0 Å². The molecule has 2 aromatic carbocycles. The van der Waals surface area contributed by atoms with Gasteiger partial charge in [0.15, 0.2) is 0 Å². The molecule has 0 bridgehead atoms. The lowest BCUT2D eigenvalue weighted by molar-refractivity contribution is 0.578. The fourth-order valence-corrected chi connectivity index (χ4v) is 4.50. The molecule has 0 heterocycles. The van der Waals surface area contributed by atoms with Crippen LogP contribution in [0.2, 0.25) is 0 Å². The number of benzene rings is 2. The van der Waals surface area contributed by atoms with Crippen molar-refractivity contribution in [3.05, 3.63) is 60.2 Å².